The zero-order valence-electron chi connectivity index (χ0n) is 29.0. The summed E-state index contributed by atoms with van der Waals surface area (Å²) in [5.41, 5.74) is 2.35. The first-order chi connectivity index (χ1) is 21.9. The first-order valence-electron chi connectivity index (χ1n) is 17.8. The number of hydrogen-bond acceptors (Lipinski definition) is 6. The molecule has 8 heteroatoms. The molecule has 4 aliphatic rings. The monoisotopic (exact) mass is 630 g/mol. The first kappa shape index (κ1) is 33.9. The number of nitrogens with one attached hydrogen (secondary N) is 1. The second kappa shape index (κ2) is 13.7. The van der Waals surface area contributed by atoms with Crippen molar-refractivity contribution >= 4 is 40.3 Å². The van der Waals surface area contributed by atoms with Gasteiger partial charge in [-0.1, -0.05) is 66.7 Å². The summed E-state index contributed by atoms with van der Waals surface area (Å²) in [4.78, 5) is 43.9. The highest BCUT2D eigenvalue weighted by molar-refractivity contribution is 6.44. The molecule has 46 heavy (non-hydrogen) atoms. The van der Waals surface area contributed by atoms with Crippen molar-refractivity contribution in [1.29, 1.82) is 0 Å². The van der Waals surface area contributed by atoms with Gasteiger partial charge in [-0.05, 0) is 81.9 Å². The number of rotatable bonds is 11. The van der Waals surface area contributed by atoms with Gasteiger partial charge in [-0.3, -0.25) is 14.4 Å². The van der Waals surface area contributed by atoms with Gasteiger partial charge < -0.3 is 15.3 Å². The predicted molar refractivity (Wildman–Crippen MR) is 186 cm³/mol. The average Bonchev–Trinajstić information content (AvgIpc) is 3.66. The molecule has 2 amide bonds. The molecule has 250 valence electrons. The lowest BCUT2D eigenvalue weighted by Gasteiger charge is -2.38. The normalized spacial score (nSPS) is 25.7. The van der Waals surface area contributed by atoms with Crippen LogP contribution in [0.4, 0.5) is 11.4 Å². The maximum absolute atomic E-state index is 14.2. The van der Waals surface area contributed by atoms with Crippen molar-refractivity contribution < 1.29 is 19.5 Å². The van der Waals surface area contributed by atoms with Crippen LogP contribution in [-0.2, 0) is 14.4 Å². The molecule has 0 saturated heterocycles. The van der Waals surface area contributed by atoms with E-state index in [4.69, 9.17) is 5.10 Å². The molecule has 0 aromatic heterocycles. The highest BCUT2D eigenvalue weighted by Crippen LogP contribution is 2.45. The molecule has 1 aromatic carbocycles. The summed E-state index contributed by atoms with van der Waals surface area (Å²) in [5, 5.41) is 21.3. The fraction of sp³-hybridized carbons (Fsp3) is 0.632. The van der Waals surface area contributed by atoms with Crippen LogP contribution < -0.4 is 10.2 Å². The Labute approximate surface area is 275 Å². The summed E-state index contributed by atoms with van der Waals surface area (Å²) in [6, 6.07) is 5.58. The maximum atomic E-state index is 14.2. The Morgan fingerprint density at radius 1 is 0.978 bits per heavy atom. The number of aliphatic hydroxyl groups excluding tert-OH is 1. The number of benzene rings is 1. The van der Waals surface area contributed by atoms with E-state index in [1.807, 2.05) is 32.9 Å². The van der Waals surface area contributed by atoms with Gasteiger partial charge in [0.1, 0.15) is 5.76 Å². The maximum Gasteiger partial charge on any atom is 0.277 e. The predicted octanol–water partition coefficient (Wildman–Crippen LogP) is 8.05. The summed E-state index contributed by atoms with van der Waals surface area (Å²) in [7, 11) is 0. The number of hydrazone groups is 1. The number of hydrogen-bond donors (Lipinski definition) is 2. The van der Waals surface area contributed by atoms with Crippen molar-refractivity contribution in [1.82, 2.24) is 5.01 Å². The van der Waals surface area contributed by atoms with Crippen LogP contribution in [0.1, 0.15) is 118 Å². The van der Waals surface area contributed by atoms with Crippen LogP contribution >= 0.6 is 0 Å². The topological polar surface area (TPSA) is 102 Å². The van der Waals surface area contributed by atoms with Crippen molar-refractivity contribution in [2.24, 2.45) is 28.3 Å². The molecule has 2 saturated carbocycles. The Morgan fingerprint density at radius 3 is 2.22 bits per heavy atom. The molecule has 2 fully saturated rings. The number of ketones is 1. The number of anilines is 2. The standard InChI is InChI=1S/C38H54N4O4/c1-8-38(6,7)37(46)39-29-22-26(41(9-2)10-3)19-20-27(29)30-34(43)32(35(30)44)31-28(21-18-25-16-11-12-17-25)40-42(36(31)45)33-23(4)14-13-15-24(33)5/h19-20,22-25,33,43H,8-18,21H2,1-7H3,(H,39,46)/b32-31-. The van der Waals surface area contributed by atoms with Gasteiger partial charge in [0.15, 0.2) is 0 Å². The van der Waals surface area contributed by atoms with Crippen LogP contribution in [0.25, 0.3) is 5.57 Å². The minimum atomic E-state index is -0.618. The zero-order chi connectivity index (χ0) is 33.3. The molecular formula is C38H54N4O4. The fourth-order valence-corrected chi connectivity index (χ4v) is 7.85. The number of Topliss-reactive ketones (excluding diaryl/α,β-unsaturated/α-hetero) is 1. The van der Waals surface area contributed by atoms with Gasteiger partial charge in [0.05, 0.1) is 34.2 Å². The number of nitrogens with zero attached hydrogens (tertiary/aromatic N) is 3. The molecule has 3 aliphatic carbocycles. The molecule has 8 nitrogen and oxygen atoms in total. The Kier molecular flexibility index (Phi) is 10.1. The molecular weight excluding hydrogens is 576 g/mol. The molecule has 5 rings (SSSR count). The van der Waals surface area contributed by atoms with Crippen molar-refractivity contribution in [3.8, 4) is 0 Å². The van der Waals surface area contributed by atoms with E-state index in [1.165, 1.54) is 25.7 Å². The summed E-state index contributed by atoms with van der Waals surface area (Å²) in [6.45, 7) is 15.8. The van der Waals surface area contributed by atoms with E-state index in [9.17, 15) is 19.5 Å². The Balaban J connectivity index is 1.57. The quantitative estimate of drug-likeness (QED) is 0.241. The van der Waals surface area contributed by atoms with Gasteiger partial charge in [0.25, 0.3) is 5.91 Å². The fourth-order valence-electron chi connectivity index (χ4n) is 7.85. The highest BCUT2D eigenvalue weighted by Gasteiger charge is 2.47. The van der Waals surface area contributed by atoms with Gasteiger partial charge in [0, 0.05) is 29.8 Å². The van der Waals surface area contributed by atoms with E-state index in [0.717, 1.165) is 44.5 Å². The van der Waals surface area contributed by atoms with Crippen molar-refractivity contribution in [2.45, 2.75) is 119 Å². The van der Waals surface area contributed by atoms with Crippen LogP contribution in [0, 0.1) is 23.2 Å². The summed E-state index contributed by atoms with van der Waals surface area (Å²) in [6.07, 6.45) is 10.3. The smallest absolute Gasteiger partial charge is 0.277 e. The number of amides is 2. The number of allylic oxidation sites excluding steroid dienone is 2. The third-order valence-electron chi connectivity index (χ3n) is 11.3. The van der Waals surface area contributed by atoms with Gasteiger partial charge in [-0.15, -0.1) is 0 Å². The van der Waals surface area contributed by atoms with Crippen LogP contribution in [0.5, 0.6) is 0 Å². The first-order valence-corrected chi connectivity index (χ1v) is 17.8. The van der Waals surface area contributed by atoms with Gasteiger partial charge in [-0.25, -0.2) is 5.01 Å². The highest BCUT2D eigenvalue weighted by atomic mass is 16.3. The van der Waals surface area contributed by atoms with Crippen molar-refractivity contribution in [3.63, 3.8) is 0 Å². The van der Waals surface area contributed by atoms with E-state index in [0.29, 0.717) is 47.6 Å². The molecule has 1 aromatic rings. The zero-order valence-corrected chi connectivity index (χ0v) is 29.0. The lowest BCUT2D eigenvalue weighted by molar-refractivity contribution is -0.131. The second-order valence-electron chi connectivity index (χ2n) is 14.7. The summed E-state index contributed by atoms with van der Waals surface area (Å²) < 4.78 is 0. The van der Waals surface area contributed by atoms with E-state index in [1.54, 1.807) is 11.1 Å². The van der Waals surface area contributed by atoms with E-state index >= 15 is 0 Å². The Hall–Kier alpha value is -3.42. The largest absolute Gasteiger partial charge is 0.506 e. The second-order valence-corrected chi connectivity index (χ2v) is 14.7. The minimum absolute atomic E-state index is 0.0297. The number of carbonyl (C=O) groups is 3. The molecule has 2 atom stereocenters. The van der Waals surface area contributed by atoms with Crippen LogP contribution in [0.2, 0.25) is 0 Å². The number of aliphatic hydroxyl groups is 1. The van der Waals surface area contributed by atoms with Crippen LogP contribution in [0.15, 0.2) is 40.2 Å². The van der Waals surface area contributed by atoms with Crippen molar-refractivity contribution in [3.05, 3.63) is 40.7 Å². The molecule has 2 N–H and O–H groups in total. The minimum Gasteiger partial charge on any atom is -0.506 e. The van der Waals surface area contributed by atoms with Gasteiger partial charge in [-0.2, -0.15) is 5.10 Å². The van der Waals surface area contributed by atoms with Gasteiger partial charge in [0.2, 0.25) is 11.7 Å². The summed E-state index contributed by atoms with van der Waals surface area (Å²) >= 11 is 0. The summed E-state index contributed by atoms with van der Waals surface area (Å²) in [5.74, 6) is 0.225. The third-order valence-corrected chi connectivity index (χ3v) is 11.3. The average molecular weight is 631 g/mol. The Bertz CT molecular complexity index is 1450. The van der Waals surface area contributed by atoms with E-state index < -0.39 is 5.41 Å². The van der Waals surface area contributed by atoms with E-state index in [-0.39, 0.29) is 46.1 Å². The Morgan fingerprint density at radius 2 is 1.63 bits per heavy atom. The lowest BCUT2D eigenvalue weighted by atomic mass is 9.77. The van der Waals surface area contributed by atoms with Crippen LogP contribution in [0.3, 0.4) is 0 Å². The molecule has 1 heterocycles. The molecule has 1 aliphatic heterocycles. The molecule has 0 radical (unpaired) electrons. The third kappa shape index (κ3) is 6.28. The SMILES string of the molecule is CCN(CC)c1ccc(C2=C(O)/C(=C3/C(=O)N(C4C(C)CCCC4C)N=C3CCC3CCCC3)C2=O)c(NC(=O)C(C)(C)CC)c1. The van der Waals surface area contributed by atoms with Gasteiger partial charge >= 0.3 is 0 Å². The molecule has 0 bridgehead atoms. The van der Waals surface area contributed by atoms with Crippen molar-refractivity contribution in [2.75, 3.05) is 23.3 Å². The lowest BCUT2D eigenvalue weighted by Crippen LogP contribution is -2.45. The molecule has 0 spiro atoms. The van der Waals surface area contributed by atoms with Crippen LogP contribution in [-0.4, -0.2) is 52.6 Å². The number of carbonyl (C=O) groups excluding carboxylic acids is 3. The van der Waals surface area contributed by atoms with E-state index in [2.05, 4.69) is 37.9 Å². The molecule has 2 unspecified atom stereocenters.